The molecule has 0 aliphatic heterocycles. The fourth-order valence-corrected chi connectivity index (χ4v) is 6.10. The van der Waals surface area contributed by atoms with Gasteiger partial charge in [0.1, 0.15) is 13.1 Å². The van der Waals surface area contributed by atoms with Gasteiger partial charge in [-0.15, -0.1) is 20.4 Å². The number of nitrogens with zero attached hydrogens (tertiary/aromatic N) is 8. The minimum Gasteiger partial charge on any atom is -0.228 e. The van der Waals surface area contributed by atoms with E-state index in [0.717, 1.165) is 75.6 Å². The summed E-state index contributed by atoms with van der Waals surface area (Å²) in [6.07, 6.45) is 5.24. The van der Waals surface area contributed by atoms with E-state index in [1.165, 1.54) is 5.56 Å². The first-order chi connectivity index (χ1) is 22.7. The molecule has 10 nitrogen and oxygen atoms in total. The third-order valence-electron chi connectivity index (χ3n) is 8.15. The number of nitrogens with one attached hydrogen (secondary N) is 2. The monoisotopic (exact) mass is 627 g/mol. The van der Waals surface area contributed by atoms with Gasteiger partial charge in [0, 0.05) is 17.5 Å². The number of hydrogen-bond donors (Lipinski definition) is 2. The average Bonchev–Trinajstić information content (AvgIpc) is 3.89. The highest BCUT2D eigenvalue weighted by molar-refractivity contribution is 6.29. The highest BCUT2D eigenvalue weighted by Gasteiger charge is 2.22. The molecule has 3 heterocycles. The lowest BCUT2D eigenvalue weighted by Gasteiger charge is -2.08. The van der Waals surface area contributed by atoms with Crippen molar-refractivity contribution in [1.29, 1.82) is 0 Å². The zero-order valence-electron chi connectivity index (χ0n) is 25.3. The average molecular weight is 628 g/mol. The number of tetrazole rings is 2. The van der Waals surface area contributed by atoms with E-state index in [0.29, 0.717) is 18.2 Å². The Morgan fingerprint density at radius 1 is 0.674 bits per heavy atom. The molecule has 0 aliphatic rings. The number of imidazole rings is 1. The van der Waals surface area contributed by atoms with Crippen molar-refractivity contribution in [2.45, 2.75) is 39.3 Å². The summed E-state index contributed by atoms with van der Waals surface area (Å²) in [6, 6.07) is 33.4. The highest BCUT2D eigenvalue weighted by Crippen LogP contribution is 2.31. The van der Waals surface area contributed by atoms with E-state index in [1.807, 2.05) is 36.4 Å². The van der Waals surface area contributed by atoms with E-state index in [9.17, 15) is 0 Å². The summed E-state index contributed by atoms with van der Waals surface area (Å²) in [7, 11) is 0. The highest BCUT2D eigenvalue weighted by atomic mass is 35.5. The molecule has 7 rings (SSSR count). The molecule has 0 bridgehead atoms. The van der Waals surface area contributed by atoms with Crippen LogP contribution in [0.2, 0.25) is 5.15 Å². The number of unbranched alkanes of at least 4 members (excludes halogenated alkanes) is 1. The van der Waals surface area contributed by atoms with Crippen LogP contribution in [0.15, 0.2) is 103 Å². The van der Waals surface area contributed by atoms with E-state index in [1.54, 1.807) is 0 Å². The number of benzene rings is 4. The van der Waals surface area contributed by atoms with E-state index in [-0.39, 0.29) is 0 Å². The summed E-state index contributed by atoms with van der Waals surface area (Å²) in [4.78, 5) is 0. The lowest BCUT2D eigenvalue weighted by atomic mass is 9.98. The molecule has 0 saturated carbocycles. The minimum absolute atomic E-state index is 0.575. The molecular formula is C35H32ClN10+. The van der Waals surface area contributed by atoms with E-state index < -0.39 is 0 Å². The van der Waals surface area contributed by atoms with Crippen molar-refractivity contribution in [3.05, 3.63) is 125 Å². The first kappa shape index (κ1) is 29.2. The number of hydrogen-bond acceptors (Lipinski definition) is 6. The summed E-state index contributed by atoms with van der Waals surface area (Å²) in [5.74, 6) is 1.15. The number of aromatic amines is 2. The maximum atomic E-state index is 7.06. The summed E-state index contributed by atoms with van der Waals surface area (Å²) >= 11 is 7.06. The predicted molar refractivity (Wildman–Crippen MR) is 177 cm³/mol. The Morgan fingerprint density at radius 2 is 1.20 bits per heavy atom. The molecule has 0 radical (unpaired) electrons. The van der Waals surface area contributed by atoms with Gasteiger partial charge in [0.15, 0.2) is 5.69 Å². The number of halogens is 1. The maximum Gasteiger partial charge on any atom is 0.245 e. The third kappa shape index (κ3) is 6.07. The topological polar surface area (TPSA) is 118 Å². The van der Waals surface area contributed by atoms with E-state index in [2.05, 4.69) is 124 Å². The van der Waals surface area contributed by atoms with Crippen molar-refractivity contribution >= 4 is 11.6 Å². The molecule has 7 aromatic rings. The van der Waals surface area contributed by atoms with Gasteiger partial charge in [-0.2, -0.15) is 10.4 Å². The molecule has 0 atom stereocenters. The lowest BCUT2D eigenvalue weighted by molar-refractivity contribution is -0.685. The van der Waals surface area contributed by atoms with Crippen LogP contribution in [0, 0.1) is 0 Å². The summed E-state index contributed by atoms with van der Waals surface area (Å²) in [6.45, 7) is 3.60. The molecular weight excluding hydrogens is 596 g/mol. The van der Waals surface area contributed by atoms with Gasteiger partial charge in [0.2, 0.25) is 23.1 Å². The van der Waals surface area contributed by atoms with Crippen molar-refractivity contribution in [3.63, 3.8) is 0 Å². The zero-order valence-corrected chi connectivity index (χ0v) is 26.1. The molecule has 11 heteroatoms. The molecule has 228 valence electrons. The zero-order chi connectivity index (χ0) is 31.3. The number of aromatic nitrogens is 10. The van der Waals surface area contributed by atoms with Crippen LogP contribution in [-0.2, 0) is 19.5 Å². The number of rotatable bonds is 11. The smallest absolute Gasteiger partial charge is 0.228 e. The quantitative estimate of drug-likeness (QED) is 0.157. The first-order valence-electron chi connectivity index (χ1n) is 15.3. The van der Waals surface area contributed by atoms with Gasteiger partial charge >= 0.3 is 0 Å². The van der Waals surface area contributed by atoms with Crippen LogP contribution in [0.1, 0.15) is 36.6 Å². The second kappa shape index (κ2) is 13.3. The fourth-order valence-electron chi connectivity index (χ4n) is 5.79. The van der Waals surface area contributed by atoms with Gasteiger partial charge in [-0.1, -0.05) is 110 Å². The van der Waals surface area contributed by atoms with Gasteiger partial charge in [-0.3, -0.25) is 0 Å². The Kier molecular flexibility index (Phi) is 8.42. The minimum atomic E-state index is 0.575. The van der Waals surface area contributed by atoms with E-state index >= 15 is 0 Å². The summed E-state index contributed by atoms with van der Waals surface area (Å²) in [5.41, 5.74) is 9.68. The Labute approximate surface area is 271 Å². The molecule has 0 amide bonds. The van der Waals surface area contributed by atoms with Gasteiger partial charge in [0.05, 0.1) is 0 Å². The molecule has 0 fully saturated rings. The van der Waals surface area contributed by atoms with Crippen molar-refractivity contribution in [1.82, 2.24) is 45.8 Å². The van der Waals surface area contributed by atoms with Crippen LogP contribution in [0.25, 0.3) is 45.0 Å². The second-order valence-corrected chi connectivity index (χ2v) is 11.5. The predicted octanol–water partition coefficient (Wildman–Crippen LogP) is 6.56. The second-order valence-electron chi connectivity index (χ2n) is 11.2. The Morgan fingerprint density at radius 3 is 1.70 bits per heavy atom. The molecule has 0 spiro atoms. The molecule has 46 heavy (non-hydrogen) atoms. The van der Waals surface area contributed by atoms with Gasteiger partial charge in [-0.05, 0) is 61.8 Å². The Balaban J connectivity index is 1.12. The third-order valence-corrected chi connectivity index (χ3v) is 8.58. The van der Waals surface area contributed by atoms with Crippen molar-refractivity contribution < 1.29 is 4.57 Å². The Hall–Kier alpha value is -5.48. The number of H-pyrrole nitrogens is 2. The van der Waals surface area contributed by atoms with Crippen molar-refractivity contribution in [2.75, 3.05) is 0 Å². The maximum absolute atomic E-state index is 7.06. The van der Waals surface area contributed by atoms with Gasteiger partial charge in [-0.25, -0.2) is 9.13 Å². The molecule has 0 aliphatic carbocycles. The molecule has 4 aromatic carbocycles. The van der Waals surface area contributed by atoms with Crippen LogP contribution in [-0.4, -0.2) is 45.8 Å². The van der Waals surface area contributed by atoms with Crippen LogP contribution in [0.4, 0.5) is 0 Å². The first-order valence-corrected chi connectivity index (χ1v) is 15.7. The Bertz CT molecular complexity index is 2030. The van der Waals surface area contributed by atoms with E-state index in [4.69, 9.17) is 11.6 Å². The van der Waals surface area contributed by atoms with Crippen molar-refractivity contribution in [3.8, 4) is 45.0 Å². The lowest BCUT2D eigenvalue weighted by Crippen LogP contribution is -2.33. The van der Waals surface area contributed by atoms with Crippen LogP contribution in [0.3, 0.4) is 0 Å². The summed E-state index contributed by atoms with van der Waals surface area (Å²) < 4.78 is 4.43. The SMILES string of the molecule is CCCCc1c(Cl)[n+](Cc2ccc(-c3ccccc3-c3nn[nH]n3)cc2)cn1Cc1ccc(-c2ccccc2-c2nn[nH]n2)cc1. The molecule has 0 saturated heterocycles. The fraction of sp³-hybridized carbons (Fsp3) is 0.171. The largest absolute Gasteiger partial charge is 0.245 e. The van der Waals surface area contributed by atoms with Gasteiger partial charge < -0.3 is 0 Å². The summed E-state index contributed by atoms with van der Waals surface area (Å²) in [5, 5.41) is 30.0. The molecule has 2 N–H and O–H groups in total. The van der Waals surface area contributed by atoms with Crippen LogP contribution >= 0.6 is 11.6 Å². The van der Waals surface area contributed by atoms with Crippen LogP contribution < -0.4 is 4.57 Å². The van der Waals surface area contributed by atoms with Crippen LogP contribution in [0.5, 0.6) is 0 Å². The van der Waals surface area contributed by atoms with Crippen molar-refractivity contribution in [2.24, 2.45) is 0 Å². The van der Waals surface area contributed by atoms with Gasteiger partial charge in [0.25, 0.3) is 0 Å². The standard InChI is InChI=1S/C35H32ClN10/c1-2-3-12-32-33(36)46(22-25-15-19-27(20-16-25)29-9-5-7-11-31(29)35-39-43-44-40-35)23-45(32)21-24-13-17-26(18-14-24)28-8-4-6-10-30(28)34-37-41-42-38-34/h4-11,13-20,23H,2-3,12,21-22H2,1H3,(H,37,38,41,42)(H,39,40,43,44)/q+1. The normalized spacial score (nSPS) is 11.3. The molecule has 0 unspecified atom stereocenters. The molecule has 3 aromatic heterocycles.